The summed E-state index contributed by atoms with van der Waals surface area (Å²) in [6.45, 7) is 12.6. The second-order valence-corrected chi connectivity index (χ2v) is 10.8. The van der Waals surface area contributed by atoms with Crippen molar-refractivity contribution in [2.24, 2.45) is 0 Å². The van der Waals surface area contributed by atoms with Crippen molar-refractivity contribution < 1.29 is 19.1 Å². The van der Waals surface area contributed by atoms with Gasteiger partial charge in [0.25, 0.3) is 0 Å². The molecule has 0 unspecified atom stereocenters. The maximum absolute atomic E-state index is 12.7. The molecule has 8 nitrogen and oxygen atoms in total. The van der Waals surface area contributed by atoms with Crippen LogP contribution in [0.25, 0.3) is 0 Å². The molecular weight excluding hydrogens is 532 g/mol. The summed E-state index contributed by atoms with van der Waals surface area (Å²) < 4.78 is 13.0. The standard InChI is InChI=1S/C26H31ClN4O4S2/c1-6-12-31-21(9-8-13-35-20-11-10-19(27)14-16(20)3)29-30-26(31)36-15-22(32)28-24-23(25(33)34-7-2)17(4)18(5)37-24/h6,10-11,14H,1,7-9,12-13,15H2,2-5H3,(H,28,32). The third-order valence-corrected chi connectivity index (χ3v) is 7.82. The number of aryl methyl sites for hydroxylation is 3. The van der Waals surface area contributed by atoms with Gasteiger partial charge in [0.1, 0.15) is 16.6 Å². The molecule has 0 aliphatic carbocycles. The summed E-state index contributed by atoms with van der Waals surface area (Å²) in [5.41, 5.74) is 2.22. The van der Waals surface area contributed by atoms with Gasteiger partial charge in [-0.1, -0.05) is 29.4 Å². The number of anilines is 1. The molecule has 3 rings (SSSR count). The van der Waals surface area contributed by atoms with E-state index in [-0.39, 0.29) is 18.3 Å². The first-order chi connectivity index (χ1) is 17.7. The molecule has 0 spiro atoms. The van der Waals surface area contributed by atoms with Gasteiger partial charge in [-0.25, -0.2) is 4.79 Å². The van der Waals surface area contributed by atoms with Crippen LogP contribution in [0.1, 0.15) is 45.5 Å². The molecule has 1 amide bonds. The van der Waals surface area contributed by atoms with Crippen LogP contribution < -0.4 is 10.1 Å². The van der Waals surface area contributed by atoms with Gasteiger partial charge < -0.3 is 19.4 Å². The second kappa shape index (κ2) is 13.6. The number of carbonyl (C=O) groups is 2. The fourth-order valence-electron chi connectivity index (χ4n) is 3.57. The lowest BCUT2D eigenvalue weighted by Crippen LogP contribution is -2.17. The Bertz CT molecular complexity index is 1270. The van der Waals surface area contributed by atoms with Crippen molar-refractivity contribution >= 4 is 51.6 Å². The minimum atomic E-state index is -0.433. The molecular formula is C26H31ClN4O4S2. The van der Waals surface area contributed by atoms with Crippen molar-refractivity contribution in [2.75, 3.05) is 24.3 Å². The minimum absolute atomic E-state index is 0.118. The normalized spacial score (nSPS) is 10.8. The Hall–Kier alpha value is -2.82. The number of halogens is 1. The average molecular weight is 563 g/mol. The first-order valence-electron chi connectivity index (χ1n) is 11.9. The monoisotopic (exact) mass is 562 g/mol. The van der Waals surface area contributed by atoms with Crippen molar-refractivity contribution in [3.8, 4) is 5.75 Å². The number of thiophene rings is 1. The molecule has 0 fully saturated rings. The summed E-state index contributed by atoms with van der Waals surface area (Å²) in [7, 11) is 0. The zero-order valence-electron chi connectivity index (χ0n) is 21.4. The third-order valence-electron chi connectivity index (χ3n) is 5.49. The van der Waals surface area contributed by atoms with E-state index in [1.54, 1.807) is 13.0 Å². The van der Waals surface area contributed by atoms with Crippen LogP contribution in [0, 0.1) is 20.8 Å². The lowest BCUT2D eigenvalue weighted by atomic mass is 10.1. The molecule has 3 aromatic rings. The van der Waals surface area contributed by atoms with Gasteiger partial charge in [-0.15, -0.1) is 28.1 Å². The molecule has 0 bridgehead atoms. The van der Waals surface area contributed by atoms with Crippen molar-refractivity contribution in [1.82, 2.24) is 14.8 Å². The zero-order chi connectivity index (χ0) is 26.9. The number of benzene rings is 1. The molecule has 0 aliphatic heterocycles. The van der Waals surface area contributed by atoms with Gasteiger partial charge in [0.05, 0.1) is 24.5 Å². The van der Waals surface area contributed by atoms with Gasteiger partial charge >= 0.3 is 5.97 Å². The first kappa shape index (κ1) is 28.7. The van der Waals surface area contributed by atoms with E-state index in [1.807, 2.05) is 43.5 Å². The van der Waals surface area contributed by atoms with Crippen LogP contribution >= 0.6 is 34.7 Å². The van der Waals surface area contributed by atoms with Crippen molar-refractivity contribution in [2.45, 2.75) is 52.2 Å². The fourth-order valence-corrected chi connectivity index (χ4v) is 5.63. The van der Waals surface area contributed by atoms with Crippen molar-refractivity contribution in [1.29, 1.82) is 0 Å². The van der Waals surface area contributed by atoms with E-state index in [1.165, 1.54) is 23.1 Å². The number of ether oxygens (including phenoxy) is 2. The molecule has 0 radical (unpaired) electrons. The third kappa shape index (κ3) is 7.59. The maximum Gasteiger partial charge on any atom is 0.341 e. The Labute approximate surface area is 230 Å². The lowest BCUT2D eigenvalue weighted by Gasteiger charge is -2.10. The van der Waals surface area contributed by atoms with Gasteiger partial charge in [0.2, 0.25) is 5.91 Å². The maximum atomic E-state index is 12.7. The number of nitrogens with zero attached hydrogens (tertiary/aromatic N) is 3. The van der Waals surface area contributed by atoms with E-state index in [2.05, 4.69) is 22.1 Å². The highest BCUT2D eigenvalue weighted by Gasteiger charge is 2.22. The van der Waals surface area contributed by atoms with E-state index in [9.17, 15) is 9.59 Å². The molecule has 0 saturated carbocycles. The van der Waals surface area contributed by atoms with Crippen molar-refractivity contribution in [3.63, 3.8) is 0 Å². The van der Waals surface area contributed by atoms with Gasteiger partial charge in [-0.2, -0.15) is 0 Å². The van der Waals surface area contributed by atoms with Gasteiger partial charge in [-0.3, -0.25) is 4.79 Å². The molecule has 2 aromatic heterocycles. The summed E-state index contributed by atoms with van der Waals surface area (Å²) in [6, 6.07) is 5.55. The molecule has 11 heteroatoms. The predicted molar refractivity (Wildman–Crippen MR) is 149 cm³/mol. The largest absolute Gasteiger partial charge is 0.493 e. The molecule has 1 aromatic carbocycles. The number of hydrogen-bond acceptors (Lipinski definition) is 8. The Balaban J connectivity index is 1.58. The number of allylic oxidation sites excluding steroid dienone is 1. The van der Waals surface area contributed by atoms with Crippen LogP contribution in [0.5, 0.6) is 5.75 Å². The predicted octanol–water partition coefficient (Wildman–Crippen LogP) is 6.02. The van der Waals surface area contributed by atoms with Crippen LogP contribution in [0.3, 0.4) is 0 Å². The van der Waals surface area contributed by atoms with E-state index in [0.717, 1.165) is 34.0 Å². The number of esters is 1. The highest BCUT2D eigenvalue weighted by atomic mass is 35.5. The lowest BCUT2D eigenvalue weighted by molar-refractivity contribution is -0.113. The van der Waals surface area contributed by atoms with Crippen LogP contribution in [0.4, 0.5) is 5.00 Å². The molecule has 0 atom stereocenters. The SMILES string of the molecule is C=CCn1c(CCCOc2ccc(Cl)cc2C)nnc1SCC(=O)Nc1sc(C)c(C)c1C(=O)OCC. The van der Waals surface area contributed by atoms with Gasteiger partial charge in [-0.05, 0) is 63.4 Å². The van der Waals surface area contributed by atoms with Crippen LogP contribution in [-0.2, 0) is 22.5 Å². The summed E-state index contributed by atoms with van der Waals surface area (Å²) in [6.07, 6.45) is 3.18. The molecule has 0 aliphatic rings. The highest BCUT2D eigenvalue weighted by molar-refractivity contribution is 7.99. The molecule has 198 valence electrons. The van der Waals surface area contributed by atoms with E-state index in [4.69, 9.17) is 21.1 Å². The number of carbonyl (C=O) groups excluding carboxylic acids is 2. The number of aromatic nitrogens is 3. The first-order valence-corrected chi connectivity index (χ1v) is 14.0. The number of hydrogen-bond donors (Lipinski definition) is 1. The zero-order valence-corrected chi connectivity index (χ0v) is 23.8. The number of amides is 1. The Morgan fingerprint density at radius 2 is 2.05 bits per heavy atom. The summed E-state index contributed by atoms with van der Waals surface area (Å²) in [5.74, 6) is 1.05. The minimum Gasteiger partial charge on any atom is -0.493 e. The molecule has 0 saturated heterocycles. The topological polar surface area (TPSA) is 95.3 Å². The summed E-state index contributed by atoms with van der Waals surface area (Å²) >= 11 is 8.65. The number of nitrogens with one attached hydrogen (secondary N) is 1. The van der Waals surface area contributed by atoms with Crippen LogP contribution in [0.2, 0.25) is 5.02 Å². The van der Waals surface area contributed by atoms with E-state index in [0.29, 0.717) is 40.3 Å². The Morgan fingerprint density at radius 3 is 2.76 bits per heavy atom. The molecule has 2 heterocycles. The summed E-state index contributed by atoms with van der Waals surface area (Å²) in [4.78, 5) is 26.1. The van der Waals surface area contributed by atoms with E-state index < -0.39 is 5.97 Å². The van der Waals surface area contributed by atoms with E-state index >= 15 is 0 Å². The van der Waals surface area contributed by atoms with Crippen LogP contribution in [-0.4, -0.2) is 45.6 Å². The van der Waals surface area contributed by atoms with Crippen LogP contribution in [0.15, 0.2) is 36.0 Å². The number of thioether (sulfide) groups is 1. The smallest absolute Gasteiger partial charge is 0.341 e. The second-order valence-electron chi connectivity index (χ2n) is 8.20. The Morgan fingerprint density at radius 1 is 1.27 bits per heavy atom. The average Bonchev–Trinajstić information content (AvgIpc) is 3.36. The molecule has 1 N–H and O–H groups in total. The van der Waals surface area contributed by atoms with Crippen molar-refractivity contribution in [3.05, 3.63) is 63.3 Å². The fraction of sp³-hybridized carbons (Fsp3) is 0.385. The quantitative estimate of drug-likeness (QED) is 0.118. The van der Waals surface area contributed by atoms with Gasteiger partial charge in [0.15, 0.2) is 5.16 Å². The van der Waals surface area contributed by atoms with Gasteiger partial charge in [0, 0.05) is 22.9 Å². The Kier molecular flexibility index (Phi) is 10.6. The highest BCUT2D eigenvalue weighted by Crippen LogP contribution is 2.33. The summed E-state index contributed by atoms with van der Waals surface area (Å²) in [5, 5.41) is 13.3. The number of rotatable bonds is 13. The molecule has 37 heavy (non-hydrogen) atoms.